The summed E-state index contributed by atoms with van der Waals surface area (Å²) in [5, 5.41) is 13.5. The first kappa shape index (κ1) is 12.9. The van der Waals surface area contributed by atoms with Crippen LogP contribution in [-0.2, 0) is 4.79 Å². The number of para-hydroxylation sites is 1. The fourth-order valence-electron chi connectivity index (χ4n) is 2.77. The van der Waals surface area contributed by atoms with Crippen molar-refractivity contribution in [3.63, 3.8) is 0 Å². The molecule has 1 fully saturated rings. The van der Waals surface area contributed by atoms with Gasteiger partial charge >= 0.3 is 5.97 Å². The molecule has 0 radical (unpaired) electrons. The van der Waals surface area contributed by atoms with Crippen molar-refractivity contribution in [3.8, 4) is 5.69 Å². The predicted octanol–water partition coefficient (Wildman–Crippen LogP) is 3.15. The van der Waals surface area contributed by atoms with E-state index in [2.05, 4.69) is 5.10 Å². The van der Waals surface area contributed by atoms with E-state index in [4.69, 9.17) is 5.11 Å². The highest BCUT2D eigenvalue weighted by Crippen LogP contribution is 2.45. The Balaban J connectivity index is 2.01. The number of carboxylic acids is 1. The summed E-state index contributed by atoms with van der Waals surface area (Å²) in [6.07, 6.45) is 6.25. The van der Waals surface area contributed by atoms with E-state index in [1.165, 1.54) is 0 Å². The fraction of sp³-hybridized carbons (Fsp3) is 0.375. The van der Waals surface area contributed by atoms with Crippen molar-refractivity contribution in [2.45, 2.75) is 32.1 Å². The molecule has 4 nitrogen and oxygen atoms in total. The normalized spacial score (nSPS) is 16.1. The highest BCUT2D eigenvalue weighted by Gasteiger charge is 2.35. The summed E-state index contributed by atoms with van der Waals surface area (Å²) >= 11 is 0. The lowest BCUT2D eigenvalue weighted by Gasteiger charge is -2.18. The number of hydrogen-bond donors (Lipinski definition) is 1. The highest BCUT2D eigenvalue weighted by molar-refractivity contribution is 5.68. The van der Waals surface area contributed by atoms with Gasteiger partial charge in [0.25, 0.3) is 0 Å². The first-order valence-corrected chi connectivity index (χ1v) is 6.97. The molecule has 1 aliphatic rings. The van der Waals surface area contributed by atoms with E-state index in [0.29, 0.717) is 5.92 Å². The molecule has 0 spiro atoms. The van der Waals surface area contributed by atoms with Gasteiger partial charge in [0.15, 0.2) is 0 Å². The van der Waals surface area contributed by atoms with Gasteiger partial charge in [0.05, 0.1) is 18.3 Å². The van der Waals surface area contributed by atoms with Crippen LogP contribution in [0.15, 0.2) is 36.7 Å². The van der Waals surface area contributed by atoms with Crippen molar-refractivity contribution >= 4 is 5.97 Å². The quantitative estimate of drug-likeness (QED) is 0.908. The molecule has 1 atom stereocenters. The van der Waals surface area contributed by atoms with Crippen LogP contribution in [0.2, 0.25) is 0 Å². The summed E-state index contributed by atoms with van der Waals surface area (Å²) in [6, 6.07) is 8.00. The summed E-state index contributed by atoms with van der Waals surface area (Å²) < 4.78 is 1.85. The van der Waals surface area contributed by atoms with E-state index < -0.39 is 5.97 Å². The van der Waals surface area contributed by atoms with Crippen LogP contribution in [0.5, 0.6) is 0 Å². The maximum Gasteiger partial charge on any atom is 0.303 e. The zero-order valence-electron chi connectivity index (χ0n) is 11.5. The lowest BCUT2D eigenvalue weighted by atomic mass is 9.90. The fourth-order valence-corrected chi connectivity index (χ4v) is 2.77. The number of carboxylic acid groups (broad SMARTS) is 1. The van der Waals surface area contributed by atoms with Crippen LogP contribution in [0, 0.1) is 12.8 Å². The molecule has 20 heavy (non-hydrogen) atoms. The van der Waals surface area contributed by atoms with Gasteiger partial charge in [-0.05, 0) is 48.8 Å². The Bertz CT molecular complexity index is 629. The molecule has 3 rings (SSSR count). The van der Waals surface area contributed by atoms with E-state index >= 15 is 0 Å². The second-order valence-electron chi connectivity index (χ2n) is 5.56. The standard InChI is InChI=1S/C16H18N2O2/c1-11-9-17-18(10-11)15-5-3-2-4-13(15)14(8-16(19)20)12-6-7-12/h2-5,9-10,12,14H,6-8H2,1H3,(H,19,20). The molecule has 0 amide bonds. The van der Waals surface area contributed by atoms with Gasteiger partial charge < -0.3 is 5.11 Å². The molecule has 4 heteroatoms. The van der Waals surface area contributed by atoms with E-state index in [9.17, 15) is 4.79 Å². The van der Waals surface area contributed by atoms with Crippen molar-refractivity contribution in [2.75, 3.05) is 0 Å². The molecule has 0 aliphatic heterocycles. The maximum absolute atomic E-state index is 11.1. The van der Waals surface area contributed by atoms with Gasteiger partial charge in [-0.1, -0.05) is 18.2 Å². The zero-order chi connectivity index (χ0) is 14.1. The third-order valence-electron chi connectivity index (χ3n) is 3.88. The minimum absolute atomic E-state index is 0.0909. The average molecular weight is 270 g/mol. The van der Waals surface area contributed by atoms with Gasteiger partial charge in [-0.15, -0.1) is 0 Å². The summed E-state index contributed by atoms with van der Waals surface area (Å²) in [5.41, 5.74) is 3.19. The van der Waals surface area contributed by atoms with Crippen LogP contribution in [0.25, 0.3) is 5.69 Å². The largest absolute Gasteiger partial charge is 0.481 e. The Labute approximate surface area is 118 Å². The van der Waals surface area contributed by atoms with Crippen molar-refractivity contribution in [3.05, 3.63) is 47.8 Å². The lowest BCUT2D eigenvalue weighted by molar-refractivity contribution is -0.137. The number of rotatable bonds is 5. The lowest BCUT2D eigenvalue weighted by Crippen LogP contribution is -2.11. The van der Waals surface area contributed by atoms with Crippen molar-refractivity contribution in [2.24, 2.45) is 5.92 Å². The molecule has 0 bridgehead atoms. The summed E-state index contributed by atoms with van der Waals surface area (Å²) in [6.45, 7) is 2.00. The van der Waals surface area contributed by atoms with Gasteiger partial charge in [0, 0.05) is 6.20 Å². The Morgan fingerprint density at radius 2 is 2.20 bits per heavy atom. The summed E-state index contributed by atoms with van der Waals surface area (Å²) in [7, 11) is 0. The van der Waals surface area contributed by atoms with Crippen molar-refractivity contribution in [1.29, 1.82) is 0 Å². The van der Waals surface area contributed by atoms with E-state index in [1.54, 1.807) is 0 Å². The second-order valence-corrected chi connectivity index (χ2v) is 5.56. The van der Waals surface area contributed by atoms with Crippen molar-refractivity contribution in [1.82, 2.24) is 9.78 Å². The molecule has 1 aromatic carbocycles. The van der Waals surface area contributed by atoms with Crippen LogP contribution in [0.1, 0.15) is 36.3 Å². The van der Waals surface area contributed by atoms with E-state index in [0.717, 1.165) is 29.7 Å². The first-order chi connectivity index (χ1) is 9.65. The Morgan fingerprint density at radius 1 is 1.45 bits per heavy atom. The minimum atomic E-state index is -0.728. The van der Waals surface area contributed by atoms with E-state index in [1.807, 2.05) is 48.3 Å². The van der Waals surface area contributed by atoms with E-state index in [-0.39, 0.29) is 12.3 Å². The Morgan fingerprint density at radius 3 is 2.80 bits per heavy atom. The van der Waals surface area contributed by atoms with Crippen LogP contribution in [0.4, 0.5) is 0 Å². The third-order valence-corrected chi connectivity index (χ3v) is 3.88. The number of aromatic nitrogens is 2. The monoisotopic (exact) mass is 270 g/mol. The molecule has 1 saturated carbocycles. The van der Waals surface area contributed by atoms with Crippen LogP contribution >= 0.6 is 0 Å². The SMILES string of the molecule is Cc1cnn(-c2ccccc2C(CC(=O)O)C2CC2)c1. The molecular weight excluding hydrogens is 252 g/mol. The maximum atomic E-state index is 11.1. The van der Waals surface area contributed by atoms with Gasteiger partial charge in [-0.25, -0.2) is 4.68 Å². The van der Waals surface area contributed by atoms with Gasteiger partial charge in [-0.2, -0.15) is 5.10 Å². The molecule has 1 N–H and O–H groups in total. The van der Waals surface area contributed by atoms with Crippen molar-refractivity contribution < 1.29 is 9.90 Å². The molecule has 1 heterocycles. The van der Waals surface area contributed by atoms with Gasteiger partial charge in [0.2, 0.25) is 0 Å². The van der Waals surface area contributed by atoms with Gasteiger partial charge in [-0.3, -0.25) is 4.79 Å². The van der Waals surface area contributed by atoms with Gasteiger partial charge in [0.1, 0.15) is 0 Å². The first-order valence-electron chi connectivity index (χ1n) is 6.97. The number of aliphatic carboxylic acids is 1. The zero-order valence-corrected chi connectivity index (χ0v) is 11.5. The molecule has 1 unspecified atom stereocenters. The number of aryl methyl sites for hydroxylation is 1. The second kappa shape index (κ2) is 5.12. The Kier molecular flexibility index (Phi) is 3.30. The highest BCUT2D eigenvalue weighted by atomic mass is 16.4. The van der Waals surface area contributed by atoms with Crippen LogP contribution < -0.4 is 0 Å². The topological polar surface area (TPSA) is 55.1 Å². The number of hydrogen-bond acceptors (Lipinski definition) is 2. The molecule has 104 valence electrons. The number of nitrogens with zero attached hydrogens (tertiary/aromatic N) is 2. The Hall–Kier alpha value is -2.10. The molecular formula is C16H18N2O2. The minimum Gasteiger partial charge on any atom is -0.481 e. The molecule has 1 aliphatic carbocycles. The smallest absolute Gasteiger partial charge is 0.303 e. The molecule has 1 aromatic heterocycles. The number of carbonyl (C=O) groups is 1. The van der Waals surface area contributed by atoms with Crippen LogP contribution in [0.3, 0.4) is 0 Å². The molecule has 2 aromatic rings. The predicted molar refractivity (Wildman–Crippen MR) is 76.0 cm³/mol. The average Bonchev–Trinajstić information content (AvgIpc) is 3.18. The number of benzene rings is 1. The van der Waals surface area contributed by atoms with Crippen LogP contribution in [-0.4, -0.2) is 20.9 Å². The summed E-state index contributed by atoms with van der Waals surface area (Å²) in [5.74, 6) is -0.134. The molecule has 0 saturated heterocycles. The summed E-state index contributed by atoms with van der Waals surface area (Å²) in [4.78, 5) is 11.1. The third kappa shape index (κ3) is 2.59.